The first-order valence-electron chi connectivity index (χ1n) is 6.51. The number of benzene rings is 1. The highest BCUT2D eigenvalue weighted by atomic mass is 16.4. The topological polar surface area (TPSA) is 82.5 Å². The zero-order valence-corrected chi connectivity index (χ0v) is 12.1. The molecule has 1 atom stereocenters. The van der Waals surface area contributed by atoms with Crippen molar-refractivity contribution >= 4 is 28.6 Å². The van der Waals surface area contributed by atoms with Gasteiger partial charge in [0.2, 0.25) is 0 Å². The van der Waals surface area contributed by atoms with E-state index in [1.807, 2.05) is 32.3 Å². The molecule has 6 heteroatoms. The zero-order valence-electron chi connectivity index (χ0n) is 12.1. The van der Waals surface area contributed by atoms with Crippen LogP contribution >= 0.6 is 0 Å². The van der Waals surface area contributed by atoms with E-state index in [4.69, 9.17) is 5.11 Å². The lowest BCUT2D eigenvalue weighted by Crippen LogP contribution is -2.38. The first-order chi connectivity index (χ1) is 9.90. The van der Waals surface area contributed by atoms with Gasteiger partial charge in [0.1, 0.15) is 11.9 Å². The molecule has 0 bridgehead atoms. The van der Waals surface area contributed by atoms with Gasteiger partial charge in [-0.05, 0) is 19.1 Å². The Morgan fingerprint density at radius 2 is 1.95 bits per heavy atom. The van der Waals surface area contributed by atoms with Crippen LogP contribution in [0.1, 0.15) is 17.3 Å². The number of amides is 1. The van der Waals surface area contributed by atoms with Crippen LogP contribution in [0.3, 0.4) is 0 Å². The minimum absolute atomic E-state index is 0.414. The van der Waals surface area contributed by atoms with Crippen LogP contribution in [0.2, 0.25) is 0 Å². The lowest BCUT2D eigenvalue weighted by molar-refractivity contribution is -0.138. The first kappa shape index (κ1) is 14.8. The lowest BCUT2D eigenvalue weighted by Gasteiger charge is -2.16. The summed E-state index contributed by atoms with van der Waals surface area (Å²) in [7, 11) is 3.66. The molecular weight excluding hydrogens is 270 g/mol. The van der Waals surface area contributed by atoms with Crippen LogP contribution in [-0.4, -0.2) is 42.1 Å². The molecule has 1 aromatic heterocycles. The van der Waals surface area contributed by atoms with Crippen molar-refractivity contribution in [1.29, 1.82) is 0 Å². The third-order valence-corrected chi connectivity index (χ3v) is 3.12. The Morgan fingerprint density at radius 1 is 1.29 bits per heavy atom. The highest BCUT2D eigenvalue weighted by Crippen LogP contribution is 2.22. The molecule has 2 N–H and O–H groups in total. The van der Waals surface area contributed by atoms with Gasteiger partial charge in [0.25, 0.3) is 5.91 Å². The molecule has 21 heavy (non-hydrogen) atoms. The van der Waals surface area contributed by atoms with E-state index in [-0.39, 0.29) is 0 Å². The Balaban J connectivity index is 2.50. The fraction of sp³-hybridized carbons (Fsp3) is 0.267. The number of carboxylic acids is 1. The van der Waals surface area contributed by atoms with Crippen LogP contribution in [0.5, 0.6) is 0 Å². The van der Waals surface area contributed by atoms with Gasteiger partial charge in [0.15, 0.2) is 0 Å². The normalized spacial score (nSPS) is 12.0. The minimum atomic E-state index is -1.07. The fourth-order valence-electron chi connectivity index (χ4n) is 1.91. The monoisotopic (exact) mass is 287 g/mol. The number of hydrogen-bond acceptors (Lipinski definition) is 4. The number of nitrogens with one attached hydrogen (secondary N) is 1. The number of carboxylic acid groups (broad SMARTS) is 1. The van der Waals surface area contributed by atoms with Gasteiger partial charge in [-0.2, -0.15) is 0 Å². The lowest BCUT2D eigenvalue weighted by atomic mass is 10.1. The number of hydrogen-bond donors (Lipinski definition) is 2. The van der Waals surface area contributed by atoms with Crippen LogP contribution < -0.4 is 10.2 Å². The maximum Gasteiger partial charge on any atom is 0.325 e. The summed E-state index contributed by atoms with van der Waals surface area (Å²) in [5, 5.41) is 12.1. The van der Waals surface area contributed by atoms with Crippen molar-refractivity contribution in [3.05, 3.63) is 35.9 Å². The maximum absolute atomic E-state index is 12.3. The molecule has 110 valence electrons. The summed E-state index contributed by atoms with van der Waals surface area (Å²) in [6, 6.07) is 7.98. The average Bonchev–Trinajstić information content (AvgIpc) is 2.45. The molecule has 1 amide bonds. The Hall–Kier alpha value is -2.63. The third kappa shape index (κ3) is 3.10. The molecule has 0 spiro atoms. The van der Waals surface area contributed by atoms with Crippen LogP contribution in [0, 0.1) is 0 Å². The average molecular weight is 287 g/mol. The fourth-order valence-corrected chi connectivity index (χ4v) is 1.91. The summed E-state index contributed by atoms with van der Waals surface area (Å²) >= 11 is 0. The smallest absolute Gasteiger partial charge is 0.325 e. The van der Waals surface area contributed by atoms with Gasteiger partial charge in [0, 0.05) is 19.5 Å². The molecule has 0 radical (unpaired) electrons. The number of aromatic nitrogens is 1. The number of aliphatic carboxylic acids is 1. The minimum Gasteiger partial charge on any atom is -0.480 e. The SMILES string of the molecule is C[C@@H](NC(=O)c1cc(N(C)C)nc2ccccc12)C(=O)O. The summed E-state index contributed by atoms with van der Waals surface area (Å²) in [4.78, 5) is 29.5. The molecular formula is C15H17N3O3. The van der Waals surface area contributed by atoms with E-state index in [9.17, 15) is 9.59 Å². The summed E-state index contributed by atoms with van der Waals surface area (Å²) < 4.78 is 0. The summed E-state index contributed by atoms with van der Waals surface area (Å²) in [6.45, 7) is 1.43. The van der Waals surface area contributed by atoms with Crippen LogP contribution in [0.15, 0.2) is 30.3 Å². The van der Waals surface area contributed by atoms with E-state index in [0.29, 0.717) is 22.3 Å². The van der Waals surface area contributed by atoms with Crippen LogP contribution in [0.4, 0.5) is 5.82 Å². The first-order valence-corrected chi connectivity index (χ1v) is 6.51. The number of rotatable bonds is 4. The summed E-state index contributed by atoms with van der Waals surface area (Å²) in [6.07, 6.45) is 0. The van der Waals surface area contributed by atoms with Crippen molar-refractivity contribution in [2.75, 3.05) is 19.0 Å². The van der Waals surface area contributed by atoms with E-state index in [0.717, 1.165) is 0 Å². The van der Waals surface area contributed by atoms with Crippen molar-refractivity contribution in [2.24, 2.45) is 0 Å². The second-order valence-electron chi connectivity index (χ2n) is 4.97. The van der Waals surface area contributed by atoms with Crippen molar-refractivity contribution in [1.82, 2.24) is 10.3 Å². The summed E-state index contributed by atoms with van der Waals surface area (Å²) in [5.41, 5.74) is 1.11. The predicted octanol–water partition coefficient (Wildman–Crippen LogP) is 1.50. The number of nitrogens with zero attached hydrogens (tertiary/aromatic N) is 2. The number of para-hydroxylation sites is 1. The van der Waals surface area contributed by atoms with Crippen LogP contribution in [0.25, 0.3) is 10.9 Å². The Morgan fingerprint density at radius 3 is 2.57 bits per heavy atom. The van der Waals surface area contributed by atoms with Gasteiger partial charge < -0.3 is 15.3 Å². The predicted molar refractivity (Wildman–Crippen MR) is 80.6 cm³/mol. The second kappa shape index (κ2) is 5.78. The van der Waals surface area contributed by atoms with Crippen LogP contribution in [-0.2, 0) is 4.79 Å². The molecule has 1 heterocycles. The van der Waals surface area contributed by atoms with Crippen molar-refractivity contribution in [2.45, 2.75) is 13.0 Å². The molecule has 2 aromatic rings. The standard InChI is InChI=1S/C15H17N3O3/c1-9(15(20)21)16-14(19)11-8-13(18(2)3)17-12-7-5-4-6-10(11)12/h4-9H,1-3H3,(H,16,19)(H,20,21)/t9-/m1/s1. The highest BCUT2D eigenvalue weighted by molar-refractivity contribution is 6.07. The third-order valence-electron chi connectivity index (χ3n) is 3.12. The van der Waals surface area contributed by atoms with E-state index in [1.165, 1.54) is 6.92 Å². The molecule has 6 nitrogen and oxygen atoms in total. The maximum atomic E-state index is 12.3. The molecule has 0 aliphatic heterocycles. The van der Waals surface area contributed by atoms with Gasteiger partial charge in [0.05, 0.1) is 11.1 Å². The Bertz CT molecular complexity index is 698. The molecule has 0 fully saturated rings. The van der Waals surface area contributed by atoms with Gasteiger partial charge in [-0.25, -0.2) is 4.98 Å². The molecule has 2 rings (SSSR count). The number of carbonyl (C=O) groups is 2. The molecule has 0 unspecified atom stereocenters. The van der Waals surface area contributed by atoms with Gasteiger partial charge in [-0.3, -0.25) is 9.59 Å². The van der Waals surface area contributed by atoms with Crippen molar-refractivity contribution in [3.63, 3.8) is 0 Å². The molecule has 0 saturated heterocycles. The number of anilines is 1. The van der Waals surface area contributed by atoms with E-state index >= 15 is 0 Å². The quantitative estimate of drug-likeness (QED) is 0.890. The molecule has 0 saturated carbocycles. The van der Waals surface area contributed by atoms with Crippen molar-refractivity contribution in [3.8, 4) is 0 Å². The van der Waals surface area contributed by atoms with E-state index in [2.05, 4.69) is 10.3 Å². The number of pyridine rings is 1. The van der Waals surface area contributed by atoms with Crippen molar-refractivity contribution < 1.29 is 14.7 Å². The largest absolute Gasteiger partial charge is 0.480 e. The highest BCUT2D eigenvalue weighted by Gasteiger charge is 2.18. The van der Waals surface area contributed by atoms with E-state index in [1.54, 1.807) is 17.0 Å². The Labute approximate surface area is 122 Å². The molecule has 0 aliphatic rings. The number of carbonyl (C=O) groups excluding carboxylic acids is 1. The number of fused-ring (bicyclic) bond motifs is 1. The zero-order chi connectivity index (χ0) is 15.6. The van der Waals surface area contributed by atoms with Gasteiger partial charge in [-0.15, -0.1) is 0 Å². The molecule has 0 aliphatic carbocycles. The Kier molecular flexibility index (Phi) is 4.07. The van der Waals surface area contributed by atoms with Gasteiger partial charge >= 0.3 is 5.97 Å². The van der Waals surface area contributed by atoms with Gasteiger partial charge in [-0.1, -0.05) is 18.2 Å². The van der Waals surface area contributed by atoms with E-state index < -0.39 is 17.9 Å². The second-order valence-corrected chi connectivity index (χ2v) is 4.97. The summed E-state index contributed by atoms with van der Waals surface area (Å²) in [5.74, 6) is -0.858. The molecule has 1 aromatic carbocycles.